The molecular weight excluding hydrogens is 184 g/mol. The molecule has 0 spiro atoms. The molecule has 0 aromatic heterocycles. The van der Waals surface area contributed by atoms with Crippen molar-refractivity contribution in [2.45, 2.75) is 41.5 Å². The van der Waals surface area contributed by atoms with Crippen LogP contribution in [-0.4, -0.2) is 6.21 Å². The smallest absolute Gasteiger partial charge is 0.0624 e. The molecule has 2 heteroatoms. The zero-order valence-corrected chi connectivity index (χ0v) is 10.7. The average Bonchev–Trinajstić information content (AvgIpc) is 2.16. The van der Waals surface area contributed by atoms with Gasteiger partial charge in [-0.05, 0) is 25.7 Å². The molecule has 1 heterocycles. The van der Waals surface area contributed by atoms with Crippen molar-refractivity contribution in [3.8, 4) is 0 Å². The van der Waals surface area contributed by atoms with Gasteiger partial charge in [0.05, 0.1) is 17.6 Å². The van der Waals surface area contributed by atoms with E-state index in [0.717, 1.165) is 5.70 Å². The summed E-state index contributed by atoms with van der Waals surface area (Å²) < 4.78 is 0. The van der Waals surface area contributed by atoms with Crippen molar-refractivity contribution in [3.05, 3.63) is 22.7 Å². The Labute approximate surface area is 93.2 Å². The van der Waals surface area contributed by atoms with Crippen molar-refractivity contribution in [1.29, 1.82) is 0 Å². The van der Waals surface area contributed by atoms with Crippen molar-refractivity contribution < 1.29 is 0 Å². The minimum Gasteiger partial charge on any atom is -0.356 e. The third kappa shape index (κ3) is 2.71. The van der Waals surface area contributed by atoms with Crippen molar-refractivity contribution in [3.63, 3.8) is 0 Å². The molecule has 0 unspecified atom stereocenters. The van der Waals surface area contributed by atoms with Crippen molar-refractivity contribution in [2.24, 2.45) is 16.8 Å². The first-order valence-electron chi connectivity index (χ1n) is 5.66. The van der Waals surface area contributed by atoms with E-state index in [1.165, 1.54) is 17.0 Å². The zero-order chi connectivity index (χ0) is 11.6. The van der Waals surface area contributed by atoms with E-state index in [2.05, 4.69) is 51.9 Å². The fraction of sp³-hybridized carbons (Fsp3) is 0.615. The lowest BCUT2D eigenvalue weighted by atomic mass is 9.99. The lowest BCUT2D eigenvalue weighted by Crippen LogP contribution is -2.25. The van der Waals surface area contributed by atoms with Gasteiger partial charge in [0, 0.05) is 5.70 Å². The zero-order valence-electron chi connectivity index (χ0n) is 10.7. The maximum Gasteiger partial charge on any atom is 0.0624 e. The minimum atomic E-state index is 0.477. The van der Waals surface area contributed by atoms with Gasteiger partial charge in [-0.2, -0.15) is 0 Å². The van der Waals surface area contributed by atoms with Crippen LogP contribution in [0.3, 0.4) is 0 Å². The molecule has 1 aliphatic heterocycles. The van der Waals surface area contributed by atoms with Gasteiger partial charge in [0.15, 0.2) is 0 Å². The van der Waals surface area contributed by atoms with Gasteiger partial charge < -0.3 is 5.32 Å². The minimum absolute atomic E-state index is 0.477. The lowest BCUT2D eigenvalue weighted by molar-refractivity contribution is 0.635. The Hall–Kier alpha value is -1.05. The van der Waals surface area contributed by atoms with Crippen molar-refractivity contribution >= 4 is 6.21 Å². The van der Waals surface area contributed by atoms with Gasteiger partial charge in [0.1, 0.15) is 0 Å². The van der Waals surface area contributed by atoms with Crippen LogP contribution in [-0.2, 0) is 0 Å². The molecule has 0 aliphatic carbocycles. The molecule has 0 aromatic carbocycles. The van der Waals surface area contributed by atoms with Gasteiger partial charge in [-0.3, -0.25) is 4.99 Å². The van der Waals surface area contributed by atoms with E-state index < -0.39 is 0 Å². The summed E-state index contributed by atoms with van der Waals surface area (Å²) in [5.74, 6) is 0.971. The molecule has 1 aliphatic rings. The second-order valence-corrected chi connectivity index (χ2v) is 4.91. The van der Waals surface area contributed by atoms with Crippen LogP contribution in [0.15, 0.2) is 27.7 Å². The molecule has 15 heavy (non-hydrogen) atoms. The Kier molecular flexibility index (Phi) is 3.72. The Bertz CT molecular complexity index is 326. The quantitative estimate of drug-likeness (QED) is 0.735. The maximum absolute atomic E-state index is 4.57. The van der Waals surface area contributed by atoms with Crippen LogP contribution in [0.4, 0.5) is 0 Å². The van der Waals surface area contributed by atoms with Crippen LogP contribution in [0.2, 0.25) is 0 Å². The first-order chi connectivity index (χ1) is 6.93. The van der Waals surface area contributed by atoms with E-state index in [9.17, 15) is 0 Å². The van der Waals surface area contributed by atoms with Crippen molar-refractivity contribution in [1.82, 2.24) is 5.32 Å². The third-order valence-corrected chi connectivity index (χ3v) is 2.54. The number of allylic oxidation sites excluding steroid dienone is 4. The van der Waals surface area contributed by atoms with E-state index in [1.807, 2.05) is 6.21 Å². The van der Waals surface area contributed by atoms with Gasteiger partial charge in [0.25, 0.3) is 0 Å². The van der Waals surface area contributed by atoms with Gasteiger partial charge in [0.2, 0.25) is 0 Å². The van der Waals surface area contributed by atoms with Crippen LogP contribution in [0.1, 0.15) is 41.5 Å². The Balaban J connectivity index is 3.09. The number of rotatable bonds is 2. The number of nitrogens with one attached hydrogen (secondary N) is 1. The van der Waals surface area contributed by atoms with Crippen LogP contribution in [0.5, 0.6) is 0 Å². The largest absolute Gasteiger partial charge is 0.356 e. The summed E-state index contributed by atoms with van der Waals surface area (Å²) in [6.07, 6.45) is 1.94. The molecule has 0 radical (unpaired) electrons. The van der Waals surface area contributed by atoms with E-state index in [4.69, 9.17) is 0 Å². The molecule has 2 nitrogen and oxygen atoms in total. The van der Waals surface area contributed by atoms with Crippen LogP contribution < -0.4 is 5.32 Å². The van der Waals surface area contributed by atoms with Crippen molar-refractivity contribution in [2.75, 3.05) is 0 Å². The third-order valence-electron chi connectivity index (χ3n) is 2.54. The number of aliphatic imine (C=N–C) groups is 1. The first kappa shape index (κ1) is 12.0. The average molecular weight is 206 g/mol. The maximum atomic E-state index is 4.57. The summed E-state index contributed by atoms with van der Waals surface area (Å²) in [4.78, 5) is 4.57. The second kappa shape index (κ2) is 4.65. The summed E-state index contributed by atoms with van der Waals surface area (Å²) in [5, 5.41) is 3.49. The topological polar surface area (TPSA) is 24.4 Å². The molecule has 0 bridgehead atoms. The number of hydrogen-bond acceptors (Lipinski definition) is 2. The summed E-state index contributed by atoms with van der Waals surface area (Å²) in [6.45, 7) is 13.0. The molecule has 0 fully saturated rings. The highest BCUT2D eigenvalue weighted by atomic mass is 15.0. The van der Waals surface area contributed by atoms with E-state index in [0.29, 0.717) is 11.8 Å². The summed E-state index contributed by atoms with van der Waals surface area (Å²) in [5.41, 5.74) is 4.88. The van der Waals surface area contributed by atoms with E-state index >= 15 is 0 Å². The van der Waals surface area contributed by atoms with Gasteiger partial charge in [-0.25, -0.2) is 0 Å². The van der Waals surface area contributed by atoms with E-state index in [1.54, 1.807) is 0 Å². The fourth-order valence-electron chi connectivity index (χ4n) is 1.60. The summed E-state index contributed by atoms with van der Waals surface area (Å²) in [7, 11) is 0. The second-order valence-electron chi connectivity index (χ2n) is 4.91. The monoisotopic (exact) mass is 206 g/mol. The molecule has 0 saturated carbocycles. The molecule has 84 valence electrons. The van der Waals surface area contributed by atoms with Crippen LogP contribution >= 0.6 is 0 Å². The predicted octanol–water partition coefficient (Wildman–Crippen LogP) is 3.48. The van der Waals surface area contributed by atoms with Crippen LogP contribution in [0.25, 0.3) is 0 Å². The van der Waals surface area contributed by atoms with Crippen LogP contribution in [0, 0.1) is 11.8 Å². The van der Waals surface area contributed by atoms with Gasteiger partial charge >= 0.3 is 0 Å². The highest BCUT2D eigenvalue weighted by molar-refractivity contribution is 5.81. The standard InChI is InChI=1S/C13H22N2/c1-8(2)11-7-14-12(9(3)4)13(15-11)10(5)6/h7,9-10,15H,1-6H3. The SMILES string of the molecule is CC(C)=C1C=NC(C(C)C)=C(C(C)C)N1. The molecule has 0 saturated heterocycles. The predicted molar refractivity (Wildman–Crippen MR) is 66.7 cm³/mol. The molecule has 1 N–H and O–H groups in total. The molecule has 0 aromatic rings. The Morgan fingerprint density at radius 2 is 1.73 bits per heavy atom. The Morgan fingerprint density at radius 3 is 2.13 bits per heavy atom. The number of hydrogen-bond donors (Lipinski definition) is 1. The number of nitrogens with zero attached hydrogens (tertiary/aromatic N) is 1. The molecular formula is C13H22N2. The first-order valence-corrected chi connectivity index (χ1v) is 5.66. The molecule has 1 rings (SSSR count). The summed E-state index contributed by atoms with van der Waals surface area (Å²) in [6, 6.07) is 0. The van der Waals surface area contributed by atoms with Gasteiger partial charge in [-0.1, -0.05) is 33.3 Å². The lowest BCUT2D eigenvalue weighted by Gasteiger charge is -2.24. The normalized spacial score (nSPS) is 16.4. The Morgan fingerprint density at radius 1 is 1.13 bits per heavy atom. The fourth-order valence-corrected chi connectivity index (χ4v) is 1.60. The van der Waals surface area contributed by atoms with E-state index in [-0.39, 0.29) is 0 Å². The summed E-state index contributed by atoms with van der Waals surface area (Å²) >= 11 is 0. The van der Waals surface area contributed by atoms with Gasteiger partial charge in [-0.15, -0.1) is 0 Å². The highest BCUT2D eigenvalue weighted by Gasteiger charge is 2.17. The highest BCUT2D eigenvalue weighted by Crippen LogP contribution is 2.24. The molecule has 0 atom stereocenters. The molecule has 0 amide bonds.